The molecule has 0 aliphatic heterocycles. The molecule has 0 aliphatic carbocycles. The van der Waals surface area contributed by atoms with Crippen LogP contribution < -0.4 is 9.47 Å². The third-order valence-corrected chi connectivity index (χ3v) is 3.98. The zero-order valence-corrected chi connectivity index (χ0v) is 15.8. The number of carbonyl (C=O) groups excluding carboxylic acids is 1. The number of benzene rings is 1. The van der Waals surface area contributed by atoms with Gasteiger partial charge in [-0.05, 0) is 36.2 Å². The maximum atomic E-state index is 12.0. The summed E-state index contributed by atoms with van der Waals surface area (Å²) in [5.74, 6) is 1.87. The standard InChI is InChI=1S/C20H21N3O5/c1-25-16-8-7-14(11-17(16)26-2)12-19(24)27-10-4-6-18-22-20(23-28-18)15-5-3-9-21-13-15/h3,5,7-9,11,13H,4,6,10,12H2,1-2H3. The molecule has 3 aromatic rings. The molecule has 0 saturated carbocycles. The average molecular weight is 383 g/mol. The number of rotatable bonds is 9. The van der Waals surface area contributed by atoms with E-state index in [9.17, 15) is 4.79 Å². The molecular weight excluding hydrogens is 362 g/mol. The Labute approximate surface area is 162 Å². The number of aromatic nitrogens is 3. The van der Waals surface area contributed by atoms with E-state index in [1.54, 1.807) is 44.8 Å². The van der Waals surface area contributed by atoms with Crippen molar-refractivity contribution in [1.29, 1.82) is 0 Å². The normalized spacial score (nSPS) is 10.5. The molecule has 0 unspecified atom stereocenters. The first-order valence-corrected chi connectivity index (χ1v) is 8.79. The molecule has 3 rings (SSSR count). The van der Waals surface area contributed by atoms with E-state index < -0.39 is 0 Å². The second-order valence-electron chi connectivity index (χ2n) is 5.94. The van der Waals surface area contributed by atoms with Gasteiger partial charge in [0.05, 0.1) is 27.2 Å². The highest BCUT2D eigenvalue weighted by molar-refractivity contribution is 5.73. The molecule has 0 aliphatic rings. The minimum Gasteiger partial charge on any atom is -0.493 e. The first-order valence-electron chi connectivity index (χ1n) is 8.79. The zero-order valence-electron chi connectivity index (χ0n) is 15.8. The van der Waals surface area contributed by atoms with Gasteiger partial charge in [0.1, 0.15) is 0 Å². The van der Waals surface area contributed by atoms with Crippen molar-refractivity contribution < 1.29 is 23.5 Å². The Bertz CT molecular complexity index is 911. The molecule has 0 N–H and O–H groups in total. The van der Waals surface area contributed by atoms with E-state index >= 15 is 0 Å². The largest absolute Gasteiger partial charge is 0.493 e. The van der Waals surface area contributed by atoms with Gasteiger partial charge >= 0.3 is 5.97 Å². The number of hydrogen-bond acceptors (Lipinski definition) is 8. The summed E-state index contributed by atoms with van der Waals surface area (Å²) in [6.07, 6.45) is 4.63. The quantitative estimate of drug-likeness (QED) is 0.411. The highest BCUT2D eigenvalue weighted by atomic mass is 16.5. The topological polar surface area (TPSA) is 96.6 Å². The van der Waals surface area contributed by atoms with Gasteiger partial charge in [-0.2, -0.15) is 4.98 Å². The van der Waals surface area contributed by atoms with Gasteiger partial charge in [-0.15, -0.1) is 0 Å². The molecule has 8 nitrogen and oxygen atoms in total. The number of pyridine rings is 1. The van der Waals surface area contributed by atoms with Gasteiger partial charge in [-0.1, -0.05) is 11.2 Å². The molecule has 0 fully saturated rings. The van der Waals surface area contributed by atoms with Gasteiger partial charge < -0.3 is 18.7 Å². The van der Waals surface area contributed by atoms with Crippen molar-refractivity contribution in [2.24, 2.45) is 0 Å². The Kier molecular flexibility index (Phi) is 6.56. The van der Waals surface area contributed by atoms with Crippen LogP contribution in [0.1, 0.15) is 17.9 Å². The monoisotopic (exact) mass is 383 g/mol. The first kappa shape index (κ1) is 19.3. The Morgan fingerprint density at radius 2 is 2.00 bits per heavy atom. The summed E-state index contributed by atoms with van der Waals surface area (Å²) in [6.45, 7) is 0.275. The molecular formula is C20H21N3O5. The lowest BCUT2D eigenvalue weighted by Crippen LogP contribution is -2.10. The average Bonchev–Trinajstić information content (AvgIpc) is 3.21. The first-order chi connectivity index (χ1) is 13.7. The Hall–Kier alpha value is -3.42. The van der Waals surface area contributed by atoms with E-state index in [0.717, 1.165) is 11.1 Å². The number of nitrogens with zero attached hydrogens (tertiary/aromatic N) is 3. The van der Waals surface area contributed by atoms with Gasteiger partial charge in [0, 0.05) is 24.4 Å². The number of esters is 1. The second kappa shape index (κ2) is 9.50. The van der Waals surface area contributed by atoms with Gasteiger partial charge in [-0.3, -0.25) is 9.78 Å². The molecule has 146 valence electrons. The van der Waals surface area contributed by atoms with E-state index in [1.807, 2.05) is 12.1 Å². The van der Waals surface area contributed by atoms with Crippen LogP contribution in [0.3, 0.4) is 0 Å². The van der Waals surface area contributed by atoms with Crippen molar-refractivity contribution in [2.75, 3.05) is 20.8 Å². The molecule has 8 heteroatoms. The number of carbonyl (C=O) groups is 1. The van der Waals surface area contributed by atoms with Crippen molar-refractivity contribution in [1.82, 2.24) is 15.1 Å². The van der Waals surface area contributed by atoms with Crippen molar-refractivity contribution in [3.05, 3.63) is 54.2 Å². The predicted molar refractivity (Wildman–Crippen MR) is 100 cm³/mol. The number of hydrogen-bond donors (Lipinski definition) is 0. The molecule has 28 heavy (non-hydrogen) atoms. The molecule has 0 bridgehead atoms. The summed E-state index contributed by atoms with van der Waals surface area (Å²) >= 11 is 0. The van der Waals surface area contributed by atoms with Gasteiger partial charge in [0.25, 0.3) is 0 Å². The maximum absolute atomic E-state index is 12.0. The summed E-state index contributed by atoms with van der Waals surface area (Å²) < 4.78 is 20.9. The summed E-state index contributed by atoms with van der Waals surface area (Å²) in [5, 5.41) is 3.93. The molecule has 0 spiro atoms. The minimum atomic E-state index is -0.311. The number of ether oxygens (including phenoxy) is 3. The fourth-order valence-electron chi connectivity index (χ4n) is 2.59. The van der Waals surface area contributed by atoms with E-state index in [2.05, 4.69) is 15.1 Å². The summed E-state index contributed by atoms with van der Waals surface area (Å²) in [5.41, 5.74) is 1.58. The molecule has 0 amide bonds. The SMILES string of the molecule is COc1ccc(CC(=O)OCCCc2nc(-c3cccnc3)no2)cc1OC. The van der Waals surface area contributed by atoms with E-state index in [4.69, 9.17) is 18.7 Å². The maximum Gasteiger partial charge on any atom is 0.310 e. The van der Waals surface area contributed by atoms with E-state index in [0.29, 0.717) is 36.1 Å². The van der Waals surface area contributed by atoms with Crippen molar-refractivity contribution in [2.45, 2.75) is 19.3 Å². The smallest absolute Gasteiger partial charge is 0.310 e. The predicted octanol–water partition coefficient (Wildman–Crippen LogP) is 2.87. The van der Waals surface area contributed by atoms with Crippen molar-refractivity contribution in [3.63, 3.8) is 0 Å². The van der Waals surface area contributed by atoms with Crippen LogP contribution in [-0.2, 0) is 22.4 Å². The molecule has 0 atom stereocenters. The lowest BCUT2D eigenvalue weighted by molar-refractivity contribution is -0.142. The van der Waals surface area contributed by atoms with Crippen LogP contribution >= 0.6 is 0 Å². The van der Waals surface area contributed by atoms with Crippen LogP contribution in [0.25, 0.3) is 11.4 Å². The van der Waals surface area contributed by atoms with Crippen LogP contribution in [0.5, 0.6) is 11.5 Å². The Balaban J connectivity index is 1.43. The molecule has 2 aromatic heterocycles. The van der Waals surface area contributed by atoms with Crippen LogP contribution in [0, 0.1) is 0 Å². The second-order valence-corrected chi connectivity index (χ2v) is 5.94. The molecule has 1 aromatic carbocycles. The van der Waals surface area contributed by atoms with Crippen LogP contribution in [-0.4, -0.2) is 41.9 Å². The summed E-state index contributed by atoms with van der Waals surface area (Å²) in [7, 11) is 3.12. The van der Waals surface area contributed by atoms with E-state index in [-0.39, 0.29) is 19.0 Å². The van der Waals surface area contributed by atoms with Crippen LogP contribution in [0.15, 0.2) is 47.2 Å². The number of aryl methyl sites for hydroxylation is 1. The van der Waals surface area contributed by atoms with Gasteiger partial charge in [0.2, 0.25) is 11.7 Å². The Morgan fingerprint density at radius 3 is 2.75 bits per heavy atom. The number of methoxy groups -OCH3 is 2. The third kappa shape index (κ3) is 5.06. The van der Waals surface area contributed by atoms with Gasteiger partial charge in [0.15, 0.2) is 11.5 Å². The fourth-order valence-corrected chi connectivity index (χ4v) is 2.59. The van der Waals surface area contributed by atoms with E-state index in [1.165, 1.54) is 0 Å². The highest BCUT2D eigenvalue weighted by Gasteiger charge is 2.11. The molecule has 0 radical (unpaired) electrons. The van der Waals surface area contributed by atoms with Crippen molar-refractivity contribution in [3.8, 4) is 22.9 Å². The fraction of sp³-hybridized carbons (Fsp3) is 0.300. The van der Waals surface area contributed by atoms with Crippen molar-refractivity contribution >= 4 is 5.97 Å². The zero-order chi connectivity index (χ0) is 19.8. The molecule has 2 heterocycles. The Morgan fingerprint density at radius 1 is 1.14 bits per heavy atom. The third-order valence-electron chi connectivity index (χ3n) is 3.98. The summed E-state index contributed by atoms with van der Waals surface area (Å²) in [6, 6.07) is 9.00. The van der Waals surface area contributed by atoms with Gasteiger partial charge in [-0.25, -0.2) is 0 Å². The van der Waals surface area contributed by atoms with Crippen LogP contribution in [0.4, 0.5) is 0 Å². The lowest BCUT2D eigenvalue weighted by Gasteiger charge is -2.09. The molecule has 0 saturated heterocycles. The summed E-state index contributed by atoms with van der Waals surface area (Å²) in [4.78, 5) is 20.4. The minimum absolute atomic E-state index is 0.159. The highest BCUT2D eigenvalue weighted by Crippen LogP contribution is 2.27. The lowest BCUT2D eigenvalue weighted by atomic mass is 10.1. The van der Waals surface area contributed by atoms with Crippen LogP contribution in [0.2, 0.25) is 0 Å².